The van der Waals surface area contributed by atoms with E-state index in [9.17, 15) is 9.59 Å². The van der Waals surface area contributed by atoms with Crippen molar-refractivity contribution in [3.63, 3.8) is 0 Å². The highest BCUT2D eigenvalue weighted by atomic mass is 16.5. The molecule has 0 spiro atoms. The lowest BCUT2D eigenvalue weighted by molar-refractivity contribution is -0.123. The van der Waals surface area contributed by atoms with E-state index in [4.69, 9.17) is 4.74 Å². The van der Waals surface area contributed by atoms with Crippen molar-refractivity contribution < 1.29 is 19.1 Å². The molecule has 0 bridgehead atoms. The zero-order valence-corrected chi connectivity index (χ0v) is 16.6. The molecule has 0 aromatic heterocycles. The number of amides is 2. The van der Waals surface area contributed by atoms with Crippen molar-refractivity contribution in [1.82, 2.24) is 10.6 Å². The number of benzene rings is 1. The maximum absolute atomic E-state index is 12.4. The minimum atomic E-state index is -0.605. The van der Waals surface area contributed by atoms with Crippen LogP contribution in [0, 0.1) is 5.92 Å². The Morgan fingerprint density at radius 2 is 1.78 bits per heavy atom. The van der Waals surface area contributed by atoms with Crippen LogP contribution in [0.5, 0.6) is 5.75 Å². The second-order valence-electron chi connectivity index (χ2n) is 7.56. The van der Waals surface area contributed by atoms with Gasteiger partial charge in [-0.15, -0.1) is 0 Å². The van der Waals surface area contributed by atoms with Crippen LogP contribution in [0.3, 0.4) is 0 Å². The largest absolute Gasteiger partial charge is 0.490 e. The van der Waals surface area contributed by atoms with E-state index in [1.807, 2.05) is 38.1 Å². The fourth-order valence-corrected chi connectivity index (χ4v) is 3.28. The van der Waals surface area contributed by atoms with Crippen LogP contribution in [-0.2, 0) is 16.1 Å². The molecule has 1 aliphatic carbocycles. The molecule has 0 heterocycles. The normalized spacial score (nSPS) is 15.9. The van der Waals surface area contributed by atoms with Gasteiger partial charge in [-0.1, -0.05) is 32.4 Å². The maximum atomic E-state index is 12.4. The van der Waals surface area contributed by atoms with Gasteiger partial charge in [0.15, 0.2) is 0 Å². The Bertz CT molecular complexity index is 595. The van der Waals surface area contributed by atoms with Gasteiger partial charge < -0.3 is 20.1 Å². The Labute approximate surface area is 162 Å². The smallest absolute Gasteiger partial charge is 0.407 e. The molecule has 1 aromatic rings. The van der Waals surface area contributed by atoms with Gasteiger partial charge in [0.1, 0.15) is 11.8 Å². The second-order valence-corrected chi connectivity index (χ2v) is 7.56. The van der Waals surface area contributed by atoms with Crippen molar-refractivity contribution in [2.24, 2.45) is 5.92 Å². The lowest BCUT2D eigenvalue weighted by Crippen LogP contribution is -2.47. The third-order valence-corrected chi connectivity index (χ3v) is 4.75. The first kappa shape index (κ1) is 21.1. The lowest BCUT2D eigenvalue weighted by atomic mass is 9.98. The van der Waals surface area contributed by atoms with Gasteiger partial charge in [-0.05, 0) is 55.7 Å². The maximum Gasteiger partial charge on any atom is 0.407 e. The van der Waals surface area contributed by atoms with Crippen LogP contribution in [0.2, 0.25) is 0 Å². The molecule has 2 rings (SSSR count). The van der Waals surface area contributed by atoms with Crippen molar-refractivity contribution in [2.45, 2.75) is 71.1 Å². The predicted molar refractivity (Wildman–Crippen MR) is 105 cm³/mol. The van der Waals surface area contributed by atoms with Gasteiger partial charge in [0, 0.05) is 6.54 Å². The molecule has 1 unspecified atom stereocenters. The number of ether oxygens (including phenoxy) is 2. The molecule has 6 nitrogen and oxygen atoms in total. The van der Waals surface area contributed by atoms with E-state index in [1.54, 1.807) is 0 Å². The van der Waals surface area contributed by atoms with Gasteiger partial charge >= 0.3 is 6.09 Å². The number of carbonyl (C=O) groups excluding carboxylic acids is 2. The zero-order chi connectivity index (χ0) is 19.6. The number of carbonyl (C=O) groups is 2. The summed E-state index contributed by atoms with van der Waals surface area (Å²) in [6.45, 7) is 4.41. The van der Waals surface area contributed by atoms with Crippen LogP contribution in [0.1, 0.15) is 57.9 Å². The first-order valence-electron chi connectivity index (χ1n) is 9.85. The molecule has 6 heteroatoms. The Balaban J connectivity index is 1.84. The Hall–Kier alpha value is -2.24. The Morgan fingerprint density at radius 3 is 2.37 bits per heavy atom. The summed E-state index contributed by atoms with van der Waals surface area (Å²) in [5.74, 6) is 0.938. The lowest BCUT2D eigenvalue weighted by Gasteiger charge is -2.23. The van der Waals surface area contributed by atoms with Crippen molar-refractivity contribution in [3.8, 4) is 5.75 Å². The number of nitrogens with one attached hydrogen (secondary N) is 2. The summed E-state index contributed by atoms with van der Waals surface area (Å²) in [6, 6.07) is 7.22. The molecule has 1 saturated carbocycles. The Kier molecular flexibility index (Phi) is 8.43. The first-order valence-corrected chi connectivity index (χ1v) is 9.85. The van der Waals surface area contributed by atoms with Gasteiger partial charge in [0.2, 0.25) is 5.91 Å². The molecule has 0 radical (unpaired) electrons. The van der Waals surface area contributed by atoms with Gasteiger partial charge in [0.05, 0.1) is 13.2 Å². The average Bonchev–Trinajstić information content (AvgIpc) is 2.67. The van der Waals surface area contributed by atoms with Gasteiger partial charge in [-0.25, -0.2) is 4.79 Å². The molecule has 1 fully saturated rings. The summed E-state index contributed by atoms with van der Waals surface area (Å²) >= 11 is 0. The molecule has 1 aromatic carbocycles. The molecule has 2 N–H and O–H groups in total. The molecule has 0 saturated heterocycles. The highest BCUT2D eigenvalue weighted by Gasteiger charge is 2.22. The zero-order valence-electron chi connectivity index (χ0n) is 16.6. The fourth-order valence-electron chi connectivity index (χ4n) is 3.28. The molecule has 1 aliphatic rings. The molecular formula is C21H32N2O4. The van der Waals surface area contributed by atoms with Crippen LogP contribution in [0.25, 0.3) is 0 Å². The second kappa shape index (κ2) is 10.8. The number of alkyl carbamates (subject to hydrolysis) is 1. The number of hydrogen-bond donors (Lipinski definition) is 2. The van der Waals surface area contributed by atoms with Crippen LogP contribution in [0.15, 0.2) is 24.3 Å². The SMILES string of the molecule is COC(=O)NC(CC(C)C)C(=O)NCc1ccc(OC2CCCCC2)cc1. The molecule has 150 valence electrons. The van der Waals surface area contributed by atoms with Gasteiger partial charge in [-0.3, -0.25) is 4.79 Å². The number of hydrogen-bond acceptors (Lipinski definition) is 4. The average molecular weight is 376 g/mol. The quantitative estimate of drug-likeness (QED) is 0.724. The molecule has 27 heavy (non-hydrogen) atoms. The van der Waals surface area contributed by atoms with Crippen molar-refractivity contribution in [1.29, 1.82) is 0 Å². The van der Waals surface area contributed by atoms with Gasteiger partial charge in [0.25, 0.3) is 0 Å². The van der Waals surface area contributed by atoms with E-state index in [0.29, 0.717) is 19.1 Å². The van der Waals surface area contributed by atoms with E-state index < -0.39 is 12.1 Å². The highest BCUT2D eigenvalue weighted by Crippen LogP contribution is 2.23. The minimum absolute atomic E-state index is 0.211. The van der Waals surface area contributed by atoms with Crippen LogP contribution >= 0.6 is 0 Å². The van der Waals surface area contributed by atoms with E-state index in [-0.39, 0.29) is 11.8 Å². The fraction of sp³-hybridized carbons (Fsp3) is 0.619. The predicted octanol–water partition coefficient (Wildman–Crippen LogP) is 3.79. The molecule has 2 amide bonds. The summed E-state index contributed by atoms with van der Waals surface area (Å²) in [5, 5.41) is 5.48. The molecular weight excluding hydrogens is 344 g/mol. The summed E-state index contributed by atoms with van der Waals surface area (Å²) in [6.07, 6.45) is 6.32. The van der Waals surface area contributed by atoms with Crippen molar-refractivity contribution in [2.75, 3.05) is 7.11 Å². The van der Waals surface area contributed by atoms with Crippen LogP contribution in [0.4, 0.5) is 4.79 Å². The van der Waals surface area contributed by atoms with E-state index in [1.165, 1.54) is 26.4 Å². The third-order valence-electron chi connectivity index (χ3n) is 4.75. The Morgan fingerprint density at radius 1 is 1.11 bits per heavy atom. The van der Waals surface area contributed by atoms with Gasteiger partial charge in [-0.2, -0.15) is 0 Å². The first-order chi connectivity index (χ1) is 13.0. The topological polar surface area (TPSA) is 76.7 Å². The summed E-state index contributed by atoms with van der Waals surface area (Å²) < 4.78 is 10.6. The molecule has 1 atom stereocenters. The van der Waals surface area contributed by atoms with E-state index in [0.717, 1.165) is 24.2 Å². The minimum Gasteiger partial charge on any atom is -0.490 e. The monoisotopic (exact) mass is 376 g/mol. The summed E-state index contributed by atoms with van der Waals surface area (Å²) in [4.78, 5) is 23.9. The summed E-state index contributed by atoms with van der Waals surface area (Å²) in [7, 11) is 1.29. The van der Waals surface area contributed by atoms with E-state index in [2.05, 4.69) is 15.4 Å². The summed E-state index contributed by atoms with van der Waals surface area (Å²) in [5.41, 5.74) is 0.987. The highest BCUT2D eigenvalue weighted by molar-refractivity contribution is 5.85. The van der Waals surface area contributed by atoms with Crippen LogP contribution < -0.4 is 15.4 Å². The van der Waals surface area contributed by atoms with Crippen molar-refractivity contribution in [3.05, 3.63) is 29.8 Å². The van der Waals surface area contributed by atoms with Crippen molar-refractivity contribution >= 4 is 12.0 Å². The van der Waals surface area contributed by atoms with Crippen LogP contribution in [-0.4, -0.2) is 31.3 Å². The molecule has 0 aliphatic heterocycles. The third kappa shape index (κ3) is 7.49. The number of rotatable bonds is 8. The standard InChI is InChI=1S/C21H32N2O4/c1-15(2)13-19(23-21(25)26-3)20(24)22-14-16-9-11-18(12-10-16)27-17-7-5-4-6-8-17/h9-12,15,17,19H,4-8,13-14H2,1-3H3,(H,22,24)(H,23,25). The number of methoxy groups -OCH3 is 1. The van der Waals surface area contributed by atoms with E-state index >= 15 is 0 Å².